The van der Waals surface area contributed by atoms with E-state index < -0.39 is 0 Å². The number of nitrogens with zero attached hydrogens (tertiary/aromatic N) is 1. The number of halogens is 2. The minimum atomic E-state index is -0.386. The molecule has 7 heteroatoms. The molecular weight excluding hydrogens is 349 g/mol. The Bertz CT molecular complexity index is 754. The van der Waals surface area contributed by atoms with E-state index >= 15 is 0 Å². The first-order chi connectivity index (χ1) is 11.5. The molecule has 0 saturated heterocycles. The van der Waals surface area contributed by atoms with Crippen LogP contribution in [0.4, 0.5) is 5.69 Å². The van der Waals surface area contributed by atoms with Crippen LogP contribution in [-0.4, -0.2) is 18.0 Å². The SMILES string of the molecule is CCC(=O)Nc1ccc(C(=O)NN=Cc2c(Cl)cccc2Cl)cc1. The molecule has 0 aliphatic heterocycles. The number of rotatable bonds is 5. The second kappa shape index (κ2) is 8.47. The number of amides is 2. The van der Waals surface area contributed by atoms with Crippen LogP contribution in [0.1, 0.15) is 29.3 Å². The molecule has 2 rings (SSSR count). The summed E-state index contributed by atoms with van der Waals surface area (Å²) in [7, 11) is 0. The zero-order valence-corrected chi connectivity index (χ0v) is 14.4. The van der Waals surface area contributed by atoms with Gasteiger partial charge in [0.05, 0.1) is 16.3 Å². The monoisotopic (exact) mass is 363 g/mol. The summed E-state index contributed by atoms with van der Waals surface area (Å²) in [6, 6.07) is 11.6. The molecule has 2 aromatic rings. The highest BCUT2D eigenvalue weighted by atomic mass is 35.5. The van der Waals surface area contributed by atoms with E-state index in [1.54, 1.807) is 49.4 Å². The fourth-order valence-electron chi connectivity index (χ4n) is 1.81. The van der Waals surface area contributed by atoms with Crippen LogP contribution in [0, 0.1) is 0 Å². The highest BCUT2D eigenvalue weighted by Gasteiger charge is 2.06. The fourth-order valence-corrected chi connectivity index (χ4v) is 2.30. The first kappa shape index (κ1) is 18.0. The molecule has 124 valence electrons. The van der Waals surface area contributed by atoms with Crippen molar-refractivity contribution < 1.29 is 9.59 Å². The van der Waals surface area contributed by atoms with Crippen LogP contribution < -0.4 is 10.7 Å². The van der Waals surface area contributed by atoms with Crippen LogP contribution in [0.5, 0.6) is 0 Å². The zero-order valence-electron chi connectivity index (χ0n) is 12.8. The Balaban J connectivity index is 2.00. The first-order valence-corrected chi connectivity index (χ1v) is 7.94. The molecule has 0 spiro atoms. The molecule has 0 aromatic heterocycles. The highest BCUT2D eigenvalue weighted by Crippen LogP contribution is 2.22. The highest BCUT2D eigenvalue weighted by molar-refractivity contribution is 6.38. The van der Waals surface area contributed by atoms with E-state index in [0.717, 1.165) is 0 Å². The second-order valence-corrected chi connectivity index (χ2v) is 5.63. The lowest BCUT2D eigenvalue weighted by atomic mass is 10.2. The lowest BCUT2D eigenvalue weighted by molar-refractivity contribution is -0.115. The van der Waals surface area contributed by atoms with Gasteiger partial charge < -0.3 is 5.32 Å². The molecule has 2 amide bonds. The molecule has 0 radical (unpaired) electrons. The zero-order chi connectivity index (χ0) is 17.5. The predicted molar refractivity (Wildman–Crippen MR) is 96.9 cm³/mol. The van der Waals surface area contributed by atoms with Gasteiger partial charge in [-0.3, -0.25) is 9.59 Å². The van der Waals surface area contributed by atoms with E-state index in [1.807, 2.05) is 0 Å². The largest absolute Gasteiger partial charge is 0.326 e. The number of carbonyl (C=O) groups is 2. The first-order valence-electron chi connectivity index (χ1n) is 7.18. The van der Waals surface area contributed by atoms with Gasteiger partial charge in [-0.1, -0.05) is 36.2 Å². The maximum absolute atomic E-state index is 12.0. The van der Waals surface area contributed by atoms with Gasteiger partial charge in [-0.2, -0.15) is 5.10 Å². The molecule has 0 saturated carbocycles. The average Bonchev–Trinajstić information content (AvgIpc) is 2.58. The van der Waals surface area contributed by atoms with Crippen molar-refractivity contribution in [1.29, 1.82) is 0 Å². The Morgan fingerprint density at radius 2 is 1.71 bits per heavy atom. The number of hydrogen-bond acceptors (Lipinski definition) is 3. The lowest BCUT2D eigenvalue weighted by Gasteiger charge is -2.05. The molecule has 0 fully saturated rings. The van der Waals surface area contributed by atoms with Crippen molar-refractivity contribution >= 4 is 46.9 Å². The molecule has 5 nitrogen and oxygen atoms in total. The van der Waals surface area contributed by atoms with Crippen molar-refractivity contribution in [2.24, 2.45) is 5.10 Å². The lowest BCUT2D eigenvalue weighted by Crippen LogP contribution is -2.17. The van der Waals surface area contributed by atoms with E-state index in [2.05, 4.69) is 15.8 Å². The van der Waals surface area contributed by atoms with Crippen molar-refractivity contribution in [3.05, 3.63) is 63.6 Å². The Morgan fingerprint density at radius 3 is 2.29 bits per heavy atom. The predicted octanol–water partition coefficient (Wildman–Crippen LogP) is 4.11. The number of nitrogens with one attached hydrogen (secondary N) is 2. The van der Waals surface area contributed by atoms with E-state index in [9.17, 15) is 9.59 Å². The molecule has 2 aromatic carbocycles. The Morgan fingerprint density at radius 1 is 1.08 bits per heavy atom. The van der Waals surface area contributed by atoms with Crippen molar-refractivity contribution in [3.8, 4) is 0 Å². The number of hydrogen-bond donors (Lipinski definition) is 2. The quantitative estimate of drug-likeness (QED) is 0.619. The summed E-state index contributed by atoms with van der Waals surface area (Å²) in [5.41, 5.74) is 3.96. The molecule has 0 unspecified atom stereocenters. The molecule has 2 N–H and O–H groups in total. The van der Waals surface area contributed by atoms with Gasteiger partial charge in [-0.25, -0.2) is 5.43 Å². The van der Waals surface area contributed by atoms with Crippen LogP contribution in [0.25, 0.3) is 0 Å². The third-order valence-corrected chi connectivity index (χ3v) is 3.77. The average molecular weight is 364 g/mol. The van der Waals surface area contributed by atoms with Crippen molar-refractivity contribution in [3.63, 3.8) is 0 Å². The molecule has 24 heavy (non-hydrogen) atoms. The maximum atomic E-state index is 12.0. The minimum Gasteiger partial charge on any atom is -0.326 e. The molecular formula is C17H15Cl2N3O2. The van der Waals surface area contributed by atoms with Crippen molar-refractivity contribution in [2.45, 2.75) is 13.3 Å². The second-order valence-electron chi connectivity index (χ2n) is 4.81. The number of hydrazone groups is 1. The molecule has 0 heterocycles. The van der Waals surface area contributed by atoms with Gasteiger partial charge in [0.25, 0.3) is 5.91 Å². The minimum absolute atomic E-state index is 0.0894. The number of carbonyl (C=O) groups excluding carboxylic acids is 2. The van der Waals surface area contributed by atoms with Crippen molar-refractivity contribution in [1.82, 2.24) is 5.43 Å². The summed E-state index contributed by atoms with van der Waals surface area (Å²) in [5.74, 6) is -0.476. The van der Waals surface area contributed by atoms with Gasteiger partial charge in [-0.05, 0) is 36.4 Å². The fraction of sp³-hybridized carbons (Fsp3) is 0.118. The number of benzene rings is 2. The van der Waals surface area contributed by atoms with Gasteiger partial charge in [0.2, 0.25) is 5.91 Å². The van der Waals surface area contributed by atoms with E-state index in [1.165, 1.54) is 6.21 Å². The normalized spacial score (nSPS) is 10.6. The summed E-state index contributed by atoms with van der Waals surface area (Å²) in [4.78, 5) is 23.3. The molecule has 0 bridgehead atoms. The third-order valence-electron chi connectivity index (χ3n) is 3.11. The Labute approximate surface area is 149 Å². The van der Waals surface area contributed by atoms with E-state index in [4.69, 9.17) is 23.2 Å². The van der Waals surface area contributed by atoms with Gasteiger partial charge in [0.15, 0.2) is 0 Å². The Hall–Kier alpha value is -2.37. The smallest absolute Gasteiger partial charge is 0.271 e. The molecule has 0 aliphatic carbocycles. The van der Waals surface area contributed by atoms with Crippen LogP contribution in [0.3, 0.4) is 0 Å². The van der Waals surface area contributed by atoms with Gasteiger partial charge in [-0.15, -0.1) is 0 Å². The Kier molecular flexibility index (Phi) is 6.35. The number of anilines is 1. The van der Waals surface area contributed by atoms with Gasteiger partial charge in [0.1, 0.15) is 0 Å². The maximum Gasteiger partial charge on any atom is 0.271 e. The summed E-state index contributed by atoms with van der Waals surface area (Å²) < 4.78 is 0. The summed E-state index contributed by atoms with van der Waals surface area (Å²) in [6.45, 7) is 1.76. The summed E-state index contributed by atoms with van der Waals surface area (Å²) >= 11 is 12.0. The van der Waals surface area contributed by atoms with E-state index in [0.29, 0.717) is 33.3 Å². The van der Waals surface area contributed by atoms with Crippen LogP contribution in [0.15, 0.2) is 47.6 Å². The van der Waals surface area contributed by atoms with Crippen LogP contribution >= 0.6 is 23.2 Å². The van der Waals surface area contributed by atoms with Crippen molar-refractivity contribution in [2.75, 3.05) is 5.32 Å². The van der Waals surface area contributed by atoms with Crippen LogP contribution in [0.2, 0.25) is 10.0 Å². The molecule has 0 atom stereocenters. The van der Waals surface area contributed by atoms with Gasteiger partial charge in [0, 0.05) is 23.2 Å². The molecule has 0 aliphatic rings. The summed E-state index contributed by atoms with van der Waals surface area (Å²) in [5, 5.41) is 7.45. The standard InChI is InChI=1S/C17H15Cl2N3O2/c1-2-16(23)21-12-8-6-11(7-9-12)17(24)22-20-10-13-14(18)4-3-5-15(13)19/h3-10H,2H2,1H3,(H,21,23)(H,22,24). The summed E-state index contributed by atoms with van der Waals surface area (Å²) in [6.07, 6.45) is 1.78. The van der Waals surface area contributed by atoms with E-state index in [-0.39, 0.29) is 11.8 Å². The van der Waals surface area contributed by atoms with Gasteiger partial charge >= 0.3 is 0 Å². The topological polar surface area (TPSA) is 70.6 Å². The van der Waals surface area contributed by atoms with Crippen LogP contribution in [-0.2, 0) is 4.79 Å². The third kappa shape index (κ3) is 4.81.